The molecule has 24 heavy (non-hydrogen) atoms. The van der Waals surface area contributed by atoms with Crippen LogP contribution in [0.4, 0.5) is 5.69 Å². The van der Waals surface area contributed by atoms with Crippen molar-refractivity contribution in [2.75, 3.05) is 29.9 Å². The molecule has 0 unspecified atom stereocenters. The maximum atomic E-state index is 11.9. The van der Waals surface area contributed by atoms with Crippen LogP contribution >= 0.6 is 0 Å². The summed E-state index contributed by atoms with van der Waals surface area (Å²) in [5, 5.41) is 0. The van der Waals surface area contributed by atoms with E-state index in [9.17, 15) is 21.6 Å². The van der Waals surface area contributed by atoms with Gasteiger partial charge in [0.15, 0.2) is 0 Å². The zero-order valence-electron chi connectivity index (χ0n) is 14.0. The fourth-order valence-electron chi connectivity index (χ4n) is 1.96. The van der Waals surface area contributed by atoms with Gasteiger partial charge in [0, 0.05) is 0 Å². The molecule has 0 saturated heterocycles. The zero-order chi connectivity index (χ0) is 18.5. The molecule has 0 N–H and O–H groups in total. The molecule has 1 aromatic carbocycles. The summed E-state index contributed by atoms with van der Waals surface area (Å²) in [5.41, 5.74) is -0.0570. The van der Waals surface area contributed by atoms with Gasteiger partial charge in [0.1, 0.15) is 11.4 Å². The van der Waals surface area contributed by atoms with E-state index in [4.69, 9.17) is 4.74 Å². The first-order valence-corrected chi connectivity index (χ1v) is 10.8. The summed E-state index contributed by atoms with van der Waals surface area (Å²) in [5.74, 6) is -0.672. The molecule has 136 valence electrons. The molecule has 0 bridgehead atoms. The largest absolute Gasteiger partial charge is 0.491 e. The lowest BCUT2D eigenvalue weighted by Gasteiger charge is -2.22. The van der Waals surface area contributed by atoms with E-state index < -0.39 is 26.0 Å². The van der Waals surface area contributed by atoms with Gasteiger partial charge >= 0.3 is 5.97 Å². The molecule has 1 aromatic rings. The lowest BCUT2D eigenvalue weighted by atomic mass is 10.2. The Kier molecular flexibility index (Phi) is 6.61. The molecular formula is C14H21NO7S2. The standard InChI is InChI=1S/C14H21NO7S2/c1-5-6-9-22-13-10-11(14(16)21-2)7-8-12(13)15(23(3,17)18)24(4,19)20/h7-8,10H,5-6,9H2,1-4H3. The number of carbonyl (C=O) groups is 1. The maximum absolute atomic E-state index is 11.9. The highest BCUT2D eigenvalue weighted by Gasteiger charge is 2.30. The number of ether oxygens (including phenoxy) is 2. The number of hydrogen-bond acceptors (Lipinski definition) is 7. The van der Waals surface area contributed by atoms with Gasteiger partial charge in [0.05, 0.1) is 31.8 Å². The number of sulfonamides is 2. The van der Waals surface area contributed by atoms with Crippen LogP contribution in [0.1, 0.15) is 30.1 Å². The molecule has 0 saturated carbocycles. The highest BCUT2D eigenvalue weighted by Crippen LogP contribution is 2.33. The van der Waals surface area contributed by atoms with Crippen molar-refractivity contribution in [3.05, 3.63) is 23.8 Å². The normalized spacial score (nSPS) is 11.8. The van der Waals surface area contributed by atoms with Gasteiger partial charge in [0.25, 0.3) is 0 Å². The van der Waals surface area contributed by atoms with Crippen molar-refractivity contribution in [3.63, 3.8) is 0 Å². The molecule has 0 aromatic heterocycles. The molecule has 0 fully saturated rings. The van der Waals surface area contributed by atoms with Crippen molar-refractivity contribution in [1.82, 2.24) is 0 Å². The summed E-state index contributed by atoms with van der Waals surface area (Å²) in [6.07, 6.45) is 3.06. The Morgan fingerprint density at radius 2 is 1.71 bits per heavy atom. The maximum Gasteiger partial charge on any atom is 0.337 e. The molecule has 0 amide bonds. The fraction of sp³-hybridized carbons (Fsp3) is 0.500. The number of hydrogen-bond donors (Lipinski definition) is 0. The number of esters is 1. The van der Waals surface area contributed by atoms with Crippen molar-refractivity contribution < 1.29 is 31.1 Å². The molecule has 10 heteroatoms. The summed E-state index contributed by atoms with van der Waals surface area (Å²) < 4.78 is 58.1. The van der Waals surface area contributed by atoms with Crippen molar-refractivity contribution in [2.24, 2.45) is 0 Å². The molecule has 0 aliphatic heterocycles. The molecule has 0 atom stereocenters. The van der Waals surface area contributed by atoms with Crippen molar-refractivity contribution in [3.8, 4) is 5.75 Å². The lowest BCUT2D eigenvalue weighted by molar-refractivity contribution is 0.0600. The second kappa shape index (κ2) is 7.84. The Hall–Kier alpha value is -1.81. The van der Waals surface area contributed by atoms with Gasteiger partial charge in [-0.25, -0.2) is 21.6 Å². The zero-order valence-corrected chi connectivity index (χ0v) is 15.6. The second-order valence-corrected chi connectivity index (χ2v) is 8.99. The summed E-state index contributed by atoms with van der Waals surface area (Å²) in [7, 11) is -7.03. The van der Waals surface area contributed by atoms with Crippen LogP contribution in [0.5, 0.6) is 5.75 Å². The highest BCUT2D eigenvalue weighted by atomic mass is 32.3. The molecule has 0 aliphatic rings. The van der Waals surface area contributed by atoms with E-state index in [-0.39, 0.29) is 27.3 Å². The van der Waals surface area contributed by atoms with Crippen molar-refractivity contribution >= 4 is 31.7 Å². The van der Waals surface area contributed by atoms with Crippen molar-refractivity contribution in [1.29, 1.82) is 0 Å². The summed E-state index contributed by atoms with van der Waals surface area (Å²) in [6.45, 7) is 2.18. The molecule has 1 rings (SSSR count). The minimum absolute atomic E-state index is 0.0257. The average Bonchev–Trinajstić information content (AvgIpc) is 2.45. The number of rotatable bonds is 8. The van der Waals surface area contributed by atoms with Gasteiger partial charge in [-0.3, -0.25) is 0 Å². The van der Waals surface area contributed by atoms with Gasteiger partial charge in [-0.1, -0.05) is 13.3 Å². The molecule has 0 radical (unpaired) electrons. The average molecular weight is 379 g/mol. The van der Waals surface area contributed by atoms with Crippen LogP contribution in [0.15, 0.2) is 18.2 Å². The minimum Gasteiger partial charge on any atom is -0.491 e. The van der Waals surface area contributed by atoms with Crippen LogP contribution in [0, 0.1) is 0 Å². The number of methoxy groups -OCH3 is 1. The predicted molar refractivity (Wildman–Crippen MR) is 90.4 cm³/mol. The number of benzene rings is 1. The fourth-order valence-corrected chi connectivity index (χ4v) is 4.94. The Morgan fingerprint density at radius 1 is 1.12 bits per heavy atom. The Labute approximate surface area is 142 Å². The van der Waals surface area contributed by atoms with E-state index in [2.05, 4.69) is 4.74 Å². The smallest absolute Gasteiger partial charge is 0.337 e. The van der Waals surface area contributed by atoms with Crippen LogP contribution in [-0.2, 0) is 24.8 Å². The van der Waals surface area contributed by atoms with E-state index in [1.807, 2.05) is 6.92 Å². The van der Waals surface area contributed by atoms with Crippen LogP contribution < -0.4 is 8.45 Å². The third-order valence-electron chi connectivity index (χ3n) is 2.94. The van der Waals surface area contributed by atoms with E-state index in [0.29, 0.717) is 6.42 Å². The first-order chi connectivity index (χ1) is 11.0. The quantitative estimate of drug-likeness (QED) is 0.496. The number of carbonyl (C=O) groups excluding carboxylic acids is 1. The van der Waals surface area contributed by atoms with Crippen LogP contribution in [0.25, 0.3) is 0 Å². The minimum atomic E-state index is -4.12. The molecule has 0 heterocycles. The molecular weight excluding hydrogens is 358 g/mol. The summed E-state index contributed by atoms with van der Waals surface area (Å²) in [6, 6.07) is 3.74. The van der Waals surface area contributed by atoms with Crippen LogP contribution in [-0.4, -0.2) is 49.0 Å². The Bertz CT molecular complexity index is 768. The third kappa shape index (κ3) is 5.10. The van der Waals surface area contributed by atoms with Crippen LogP contribution in [0.3, 0.4) is 0 Å². The molecule has 8 nitrogen and oxygen atoms in total. The monoisotopic (exact) mass is 379 g/mol. The van der Waals surface area contributed by atoms with Gasteiger partial charge in [0.2, 0.25) is 20.0 Å². The Morgan fingerprint density at radius 3 is 2.17 bits per heavy atom. The Balaban J connectivity index is 3.51. The molecule has 0 aliphatic carbocycles. The van der Waals surface area contributed by atoms with Gasteiger partial charge < -0.3 is 9.47 Å². The second-order valence-electron chi connectivity index (χ2n) is 5.10. The first kappa shape index (κ1) is 20.2. The highest BCUT2D eigenvalue weighted by molar-refractivity contribution is 8.09. The SMILES string of the molecule is CCCCOc1cc(C(=O)OC)ccc1N(S(C)(=O)=O)S(C)(=O)=O. The van der Waals surface area contributed by atoms with E-state index in [1.54, 1.807) is 0 Å². The first-order valence-electron chi connectivity index (χ1n) is 7.08. The van der Waals surface area contributed by atoms with Gasteiger partial charge in [-0.2, -0.15) is 3.71 Å². The number of nitrogens with zero attached hydrogens (tertiary/aromatic N) is 1. The van der Waals surface area contributed by atoms with Crippen LogP contribution in [0.2, 0.25) is 0 Å². The van der Waals surface area contributed by atoms with E-state index >= 15 is 0 Å². The van der Waals surface area contributed by atoms with E-state index in [0.717, 1.165) is 18.9 Å². The van der Waals surface area contributed by atoms with Crippen molar-refractivity contribution in [2.45, 2.75) is 19.8 Å². The molecule has 0 spiro atoms. The van der Waals surface area contributed by atoms with E-state index in [1.165, 1.54) is 25.3 Å². The predicted octanol–water partition coefficient (Wildman–Crippen LogP) is 1.38. The number of unbranched alkanes of at least 4 members (excludes halogenated alkanes) is 1. The summed E-state index contributed by atoms with van der Waals surface area (Å²) in [4.78, 5) is 11.6. The van der Waals surface area contributed by atoms with Gasteiger partial charge in [-0.15, -0.1) is 0 Å². The summed E-state index contributed by atoms with van der Waals surface area (Å²) >= 11 is 0. The number of anilines is 1. The topological polar surface area (TPSA) is 107 Å². The third-order valence-corrected chi connectivity index (χ3v) is 6.16. The van der Waals surface area contributed by atoms with Gasteiger partial charge in [-0.05, 0) is 24.6 Å². The lowest BCUT2D eigenvalue weighted by Crippen LogP contribution is -2.35.